The van der Waals surface area contributed by atoms with Gasteiger partial charge in [-0.2, -0.15) is 0 Å². The predicted octanol–water partition coefficient (Wildman–Crippen LogP) is 5.98. The zero-order valence-corrected chi connectivity index (χ0v) is 26.8. The summed E-state index contributed by atoms with van der Waals surface area (Å²) in [5, 5.41) is 7.00. The highest BCUT2D eigenvalue weighted by Crippen LogP contribution is 2.34. The van der Waals surface area contributed by atoms with Crippen LogP contribution >= 0.6 is 0 Å². The molecule has 1 aliphatic heterocycles. The van der Waals surface area contributed by atoms with Gasteiger partial charge in [0.15, 0.2) is 0 Å². The van der Waals surface area contributed by atoms with Crippen molar-refractivity contribution in [2.75, 3.05) is 38.3 Å². The van der Waals surface area contributed by atoms with Crippen molar-refractivity contribution < 1.29 is 51.6 Å². The summed E-state index contributed by atoms with van der Waals surface area (Å²) in [5.74, 6) is -0.756. The van der Waals surface area contributed by atoms with Gasteiger partial charge in [-0.3, -0.25) is 14.5 Å². The number of ether oxygens (including phenoxy) is 4. The van der Waals surface area contributed by atoms with E-state index in [1.807, 2.05) is 0 Å². The van der Waals surface area contributed by atoms with E-state index in [-0.39, 0.29) is 50.3 Å². The van der Waals surface area contributed by atoms with Crippen molar-refractivity contribution in [3.05, 3.63) is 53.1 Å². The highest BCUT2D eigenvalue weighted by Gasteiger charge is 2.33. The van der Waals surface area contributed by atoms with E-state index < -0.39 is 24.0 Å². The Bertz CT molecular complexity index is 1310. The van der Waals surface area contributed by atoms with Crippen LogP contribution in [-0.2, 0) is 32.1 Å². The Morgan fingerprint density at radius 3 is 2.33 bits per heavy atom. The molecule has 250 valence electrons. The minimum absolute atomic E-state index is 0.0132. The smallest absolute Gasteiger partial charge is 0.489 e. The zero-order chi connectivity index (χ0) is 33.9. The molecule has 3 rings (SSSR count). The second kappa shape index (κ2) is 16.4. The molecule has 0 saturated carbocycles. The predicted molar refractivity (Wildman–Crippen MR) is 161 cm³/mol. The molecule has 10 nitrogen and oxygen atoms in total. The lowest BCUT2D eigenvalue weighted by atomic mass is 10.0. The van der Waals surface area contributed by atoms with E-state index >= 15 is 0 Å². The minimum atomic E-state index is -4.81. The molecule has 0 unspecified atom stereocenters. The van der Waals surface area contributed by atoms with Gasteiger partial charge in [0.1, 0.15) is 30.3 Å². The SMILES string of the molecule is CCOC(=O)CCN(CC(=O)N1CCc2cc(OCc3ccc(C(C)C)c(OC(F)(F)F)c3)ccc21)C(=O)OC(C)(C)C.CO. The maximum Gasteiger partial charge on any atom is 0.573 e. The third-order valence-electron chi connectivity index (χ3n) is 6.45. The average molecular weight is 641 g/mol. The van der Waals surface area contributed by atoms with E-state index in [4.69, 9.17) is 19.3 Å². The van der Waals surface area contributed by atoms with Crippen molar-refractivity contribution in [2.45, 2.75) is 78.9 Å². The first-order valence-electron chi connectivity index (χ1n) is 14.6. The van der Waals surface area contributed by atoms with Crippen LogP contribution in [0.1, 0.15) is 70.6 Å². The maximum absolute atomic E-state index is 13.3. The largest absolute Gasteiger partial charge is 0.573 e. The van der Waals surface area contributed by atoms with Crippen LogP contribution in [0.4, 0.5) is 23.7 Å². The monoisotopic (exact) mass is 640 g/mol. The van der Waals surface area contributed by atoms with Crippen molar-refractivity contribution in [3.63, 3.8) is 0 Å². The number of halogens is 3. The number of hydrogen-bond donors (Lipinski definition) is 1. The Labute approximate surface area is 262 Å². The number of nitrogens with zero attached hydrogens (tertiary/aromatic N) is 2. The molecular formula is C32H43F3N2O8. The lowest BCUT2D eigenvalue weighted by Gasteiger charge is -2.28. The molecular weight excluding hydrogens is 597 g/mol. The van der Waals surface area contributed by atoms with Crippen LogP contribution < -0.4 is 14.4 Å². The molecule has 0 spiro atoms. The number of carbonyl (C=O) groups excluding carboxylic acids is 3. The first kappa shape index (κ1) is 37.2. The molecule has 0 aliphatic carbocycles. The average Bonchev–Trinajstić information content (AvgIpc) is 3.37. The molecule has 13 heteroatoms. The fourth-order valence-electron chi connectivity index (χ4n) is 4.52. The van der Waals surface area contributed by atoms with Crippen molar-refractivity contribution in [1.82, 2.24) is 4.90 Å². The highest BCUT2D eigenvalue weighted by atomic mass is 19.4. The quantitative estimate of drug-likeness (QED) is 0.299. The Morgan fingerprint density at radius 1 is 1.04 bits per heavy atom. The number of amides is 2. The van der Waals surface area contributed by atoms with Gasteiger partial charge in [-0.1, -0.05) is 26.0 Å². The van der Waals surface area contributed by atoms with Crippen LogP contribution in [0.2, 0.25) is 0 Å². The molecule has 2 aromatic rings. The number of alkyl halides is 3. The van der Waals surface area contributed by atoms with E-state index in [2.05, 4.69) is 4.74 Å². The van der Waals surface area contributed by atoms with Gasteiger partial charge in [-0.05, 0) is 81.0 Å². The Morgan fingerprint density at radius 2 is 1.73 bits per heavy atom. The standard InChI is InChI=1S/C31H39F3N2O7.CH4O/c1-7-40-28(38)13-14-35(29(39)43-30(4,5)6)18-27(37)36-15-12-22-17-23(9-11-25(22)36)41-19-21-8-10-24(20(2)3)26(16-21)42-31(32,33)34;1-2/h8-11,16-17,20H,7,12-15,18-19H2,1-6H3;2H,1H3. The van der Waals surface area contributed by atoms with Crippen molar-refractivity contribution >= 4 is 23.7 Å². The van der Waals surface area contributed by atoms with Crippen LogP contribution in [0.25, 0.3) is 0 Å². The van der Waals surface area contributed by atoms with E-state index in [0.717, 1.165) is 12.7 Å². The van der Waals surface area contributed by atoms with Crippen LogP contribution in [0.3, 0.4) is 0 Å². The summed E-state index contributed by atoms with van der Waals surface area (Å²) in [4.78, 5) is 40.7. The van der Waals surface area contributed by atoms with Crippen LogP contribution in [-0.4, -0.2) is 73.3 Å². The molecule has 1 heterocycles. The van der Waals surface area contributed by atoms with Crippen LogP contribution in [0.5, 0.6) is 11.5 Å². The molecule has 0 bridgehead atoms. The van der Waals surface area contributed by atoms with Crippen molar-refractivity contribution in [2.24, 2.45) is 0 Å². The van der Waals surface area contributed by atoms with Gasteiger partial charge in [0.25, 0.3) is 0 Å². The second-order valence-electron chi connectivity index (χ2n) is 11.4. The summed E-state index contributed by atoms with van der Waals surface area (Å²) in [7, 11) is 1.00. The second-order valence-corrected chi connectivity index (χ2v) is 11.4. The van der Waals surface area contributed by atoms with E-state index in [1.165, 1.54) is 11.0 Å². The van der Waals surface area contributed by atoms with Gasteiger partial charge in [0, 0.05) is 25.9 Å². The van der Waals surface area contributed by atoms with Crippen molar-refractivity contribution in [3.8, 4) is 11.5 Å². The number of aliphatic hydroxyl groups is 1. The molecule has 1 N–H and O–H groups in total. The third kappa shape index (κ3) is 11.8. The Balaban J connectivity index is 0.00000345. The molecule has 0 aromatic heterocycles. The van der Waals surface area contributed by atoms with Gasteiger partial charge in [0.2, 0.25) is 5.91 Å². The number of rotatable bonds is 11. The lowest BCUT2D eigenvalue weighted by Crippen LogP contribution is -2.45. The van der Waals surface area contributed by atoms with E-state index in [1.54, 1.807) is 76.8 Å². The molecule has 45 heavy (non-hydrogen) atoms. The summed E-state index contributed by atoms with van der Waals surface area (Å²) in [6.45, 7) is 10.7. The number of hydrogen-bond acceptors (Lipinski definition) is 8. The zero-order valence-electron chi connectivity index (χ0n) is 26.8. The summed E-state index contributed by atoms with van der Waals surface area (Å²) < 4.78 is 59.3. The topological polar surface area (TPSA) is 115 Å². The normalized spacial score (nSPS) is 12.6. The number of benzene rings is 2. The van der Waals surface area contributed by atoms with Gasteiger partial charge in [-0.25, -0.2) is 4.79 Å². The molecule has 0 saturated heterocycles. The molecule has 1 aliphatic rings. The summed E-state index contributed by atoms with van der Waals surface area (Å²) in [6, 6.07) is 9.81. The number of anilines is 1. The number of carbonyl (C=O) groups is 3. The van der Waals surface area contributed by atoms with Gasteiger partial charge >= 0.3 is 18.4 Å². The van der Waals surface area contributed by atoms with Crippen LogP contribution in [0, 0.1) is 0 Å². The fraction of sp³-hybridized carbons (Fsp3) is 0.531. The van der Waals surface area contributed by atoms with Gasteiger partial charge in [-0.15, -0.1) is 13.2 Å². The maximum atomic E-state index is 13.3. The molecule has 0 radical (unpaired) electrons. The first-order chi connectivity index (χ1) is 21.1. The van der Waals surface area contributed by atoms with Gasteiger partial charge in [0.05, 0.1) is 13.0 Å². The summed E-state index contributed by atoms with van der Waals surface area (Å²) in [6.07, 6.45) is -5.06. The Hall–Kier alpha value is -4.00. The number of aliphatic hydroxyl groups excluding tert-OH is 1. The van der Waals surface area contributed by atoms with Crippen molar-refractivity contribution in [1.29, 1.82) is 0 Å². The molecule has 0 fully saturated rings. The number of fused-ring (bicyclic) bond motifs is 1. The van der Waals surface area contributed by atoms with E-state index in [9.17, 15) is 27.6 Å². The van der Waals surface area contributed by atoms with E-state index in [0.29, 0.717) is 35.5 Å². The summed E-state index contributed by atoms with van der Waals surface area (Å²) in [5.41, 5.74) is 1.66. The molecule has 0 atom stereocenters. The Kier molecular flexibility index (Phi) is 13.5. The van der Waals surface area contributed by atoms with Gasteiger partial charge < -0.3 is 29.0 Å². The van der Waals surface area contributed by atoms with Crippen LogP contribution in [0.15, 0.2) is 36.4 Å². The first-order valence-corrected chi connectivity index (χ1v) is 14.6. The fourth-order valence-corrected chi connectivity index (χ4v) is 4.52. The minimum Gasteiger partial charge on any atom is -0.489 e. The number of esters is 1. The highest BCUT2D eigenvalue weighted by molar-refractivity contribution is 5.98. The molecule has 2 amide bonds. The molecule has 2 aromatic carbocycles. The third-order valence-corrected chi connectivity index (χ3v) is 6.45. The summed E-state index contributed by atoms with van der Waals surface area (Å²) >= 11 is 0. The lowest BCUT2D eigenvalue weighted by molar-refractivity contribution is -0.275.